The van der Waals surface area contributed by atoms with E-state index in [4.69, 9.17) is 4.74 Å². The summed E-state index contributed by atoms with van der Waals surface area (Å²) in [5.41, 5.74) is 0.108. The molecule has 25 heavy (non-hydrogen) atoms. The average molecular weight is 340 g/mol. The van der Waals surface area contributed by atoms with Crippen LogP contribution >= 0.6 is 0 Å². The molecule has 1 amide bonds. The van der Waals surface area contributed by atoms with Gasteiger partial charge in [-0.15, -0.1) is 0 Å². The van der Waals surface area contributed by atoms with E-state index >= 15 is 0 Å². The molecule has 2 aliphatic heterocycles. The lowest BCUT2D eigenvalue weighted by Crippen LogP contribution is -2.49. The van der Waals surface area contributed by atoms with Crippen molar-refractivity contribution in [3.63, 3.8) is 0 Å². The molecule has 0 spiro atoms. The lowest BCUT2D eigenvalue weighted by atomic mass is 9.99. The maximum Gasteiger partial charge on any atom is 0.274 e. The molecule has 4 heterocycles. The summed E-state index contributed by atoms with van der Waals surface area (Å²) in [7, 11) is 1.56. The second-order valence-corrected chi connectivity index (χ2v) is 6.67. The SMILES string of the molecule is Cn1nc(C(=O)N2C3CCC2CC(Oc2ccncc2)C3)ccc1=O. The van der Waals surface area contributed by atoms with Crippen LogP contribution < -0.4 is 10.3 Å². The zero-order valence-electron chi connectivity index (χ0n) is 14.0. The predicted octanol–water partition coefficient (Wildman–Crippen LogP) is 1.39. The minimum atomic E-state index is -0.219. The summed E-state index contributed by atoms with van der Waals surface area (Å²) < 4.78 is 7.27. The Bertz CT molecular complexity index is 822. The number of aromatic nitrogens is 3. The quantitative estimate of drug-likeness (QED) is 0.844. The number of hydrogen-bond donors (Lipinski definition) is 0. The summed E-state index contributed by atoms with van der Waals surface area (Å²) in [6.07, 6.45) is 7.14. The van der Waals surface area contributed by atoms with Gasteiger partial charge in [-0.1, -0.05) is 0 Å². The van der Waals surface area contributed by atoms with Crippen LogP contribution in [-0.2, 0) is 7.05 Å². The van der Waals surface area contributed by atoms with E-state index in [0.29, 0.717) is 5.69 Å². The Morgan fingerprint density at radius 2 is 1.80 bits per heavy atom. The first-order chi connectivity index (χ1) is 12.1. The van der Waals surface area contributed by atoms with E-state index in [0.717, 1.165) is 31.4 Å². The third kappa shape index (κ3) is 3.01. The first kappa shape index (κ1) is 15.8. The minimum absolute atomic E-state index is 0.0922. The third-order valence-corrected chi connectivity index (χ3v) is 5.06. The van der Waals surface area contributed by atoms with Gasteiger partial charge in [0.15, 0.2) is 0 Å². The third-order valence-electron chi connectivity index (χ3n) is 5.06. The van der Waals surface area contributed by atoms with Gasteiger partial charge in [-0.05, 0) is 31.0 Å². The summed E-state index contributed by atoms with van der Waals surface area (Å²) in [5.74, 6) is 0.726. The Balaban J connectivity index is 1.49. The fourth-order valence-corrected chi connectivity index (χ4v) is 3.91. The second-order valence-electron chi connectivity index (χ2n) is 6.67. The van der Waals surface area contributed by atoms with Crippen LogP contribution in [0.5, 0.6) is 5.75 Å². The zero-order valence-corrected chi connectivity index (χ0v) is 14.0. The Morgan fingerprint density at radius 3 is 2.44 bits per heavy atom. The molecule has 2 fully saturated rings. The topological polar surface area (TPSA) is 77.3 Å². The summed E-state index contributed by atoms with van der Waals surface area (Å²) in [6, 6.07) is 6.95. The van der Waals surface area contributed by atoms with Crippen molar-refractivity contribution < 1.29 is 9.53 Å². The highest BCUT2D eigenvalue weighted by Crippen LogP contribution is 2.38. The van der Waals surface area contributed by atoms with Crippen LogP contribution in [0.4, 0.5) is 0 Å². The fraction of sp³-hybridized carbons (Fsp3) is 0.444. The molecule has 7 heteroatoms. The van der Waals surface area contributed by atoms with E-state index < -0.39 is 0 Å². The van der Waals surface area contributed by atoms with Crippen molar-refractivity contribution in [3.05, 3.63) is 52.7 Å². The minimum Gasteiger partial charge on any atom is -0.490 e. The van der Waals surface area contributed by atoms with Gasteiger partial charge in [0.2, 0.25) is 0 Å². The van der Waals surface area contributed by atoms with Crippen LogP contribution in [0.15, 0.2) is 41.5 Å². The van der Waals surface area contributed by atoms with Gasteiger partial charge in [-0.2, -0.15) is 5.10 Å². The highest BCUT2D eigenvalue weighted by molar-refractivity contribution is 5.92. The molecule has 7 nitrogen and oxygen atoms in total. The maximum absolute atomic E-state index is 12.9. The van der Waals surface area contributed by atoms with Crippen molar-refractivity contribution in [2.24, 2.45) is 7.05 Å². The highest BCUT2D eigenvalue weighted by atomic mass is 16.5. The molecule has 4 rings (SSSR count). The lowest BCUT2D eigenvalue weighted by Gasteiger charge is -2.38. The van der Waals surface area contributed by atoms with Crippen molar-refractivity contribution in [1.82, 2.24) is 19.7 Å². The number of pyridine rings is 1. The van der Waals surface area contributed by atoms with Crippen LogP contribution in [0.1, 0.15) is 36.2 Å². The van der Waals surface area contributed by atoms with Gasteiger partial charge in [-0.25, -0.2) is 4.68 Å². The van der Waals surface area contributed by atoms with Gasteiger partial charge in [0.05, 0.1) is 0 Å². The van der Waals surface area contributed by atoms with E-state index in [9.17, 15) is 9.59 Å². The number of hydrogen-bond acceptors (Lipinski definition) is 5. The fourth-order valence-electron chi connectivity index (χ4n) is 3.91. The van der Waals surface area contributed by atoms with E-state index in [1.54, 1.807) is 19.4 Å². The number of ether oxygens (including phenoxy) is 1. The Morgan fingerprint density at radius 1 is 1.12 bits per heavy atom. The molecule has 2 unspecified atom stereocenters. The molecule has 0 aliphatic carbocycles. The zero-order chi connectivity index (χ0) is 17.4. The molecule has 2 aromatic heterocycles. The molecule has 0 N–H and O–H groups in total. The Kier molecular flexibility index (Phi) is 3.99. The van der Waals surface area contributed by atoms with Gasteiger partial charge in [-0.3, -0.25) is 14.6 Å². The largest absolute Gasteiger partial charge is 0.490 e. The predicted molar refractivity (Wildman–Crippen MR) is 90.3 cm³/mol. The van der Waals surface area contributed by atoms with Crippen LogP contribution in [0.3, 0.4) is 0 Å². The van der Waals surface area contributed by atoms with E-state index in [1.165, 1.54) is 16.8 Å². The number of nitrogens with zero attached hydrogens (tertiary/aromatic N) is 4. The molecule has 0 radical (unpaired) electrons. The van der Waals surface area contributed by atoms with Crippen LogP contribution in [-0.4, -0.2) is 43.8 Å². The molecule has 2 aromatic rings. The molecule has 0 saturated carbocycles. The van der Waals surface area contributed by atoms with E-state index in [1.807, 2.05) is 17.0 Å². The first-order valence-corrected chi connectivity index (χ1v) is 8.55. The average Bonchev–Trinajstić information content (AvgIpc) is 2.88. The number of rotatable bonds is 3. The number of fused-ring (bicyclic) bond motifs is 2. The number of piperidine rings is 1. The van der Waals surface area contributed by atoms with Gasteiger partial charge >= 0.3 is 0 Å². The monoisotopic (exact) mass is 340 g/mol. The highest BCUT2D eigenvalue weighted by Gasteiger charge is 2.44. The summed E-state index contributed by atoms with van der Waals surface area (Å²) in [4.78, 5) is 30.3. The van der Waals surface area contributed by atoms with Crippen molar-refractivity contribution >= 4 is 5.91 Å². The van der Waals surface area contributed by atoms with Crippen LogP contribution in [0.2, 0.25) is 0 Å². The number of carbonyl (C=O) groups excluding carboxylic acids is 1. The van der Waals surface area contributed by atoms with Crippen molar-refractivity contribution in [3.8, 4) is 5.75 Å². The lowest BCUT2D eigenvalue weighted by molar-refractivity contribution is 0.0352. The van der Waals surface area contributed by atoms with Crippen LogP contribution in [0, 0.1) is 0 Å². The molecule has 2 bridgehead atoms. The van der Waals surface area contributed by atoms with E-state index in [-0.39, 0.29) is 29.7 Å². The maximum atomic E-state index is 12.9. The molecule has 2 aliphatic rings. The number of amides is 1. The normalized spacial score (nSPS) is 25.0. The second kappa shape index (κ2) is 6.31. The summed E-state index contributed by atoms with van der Waals surface area (Å²) >= 11 is 0. The molecular formula is C18H20N4O3. The van der Waals surface area contributed by atoms with Crippen LogP contribution in [0.25, 0.3) is 0 Å². The van der Waals surface area contributed by atoms with E-state index in [2.05, 4.69) is 10.1 Å². The van der Waals surface area contributed by atoms with Gasteiger partial charge in [0, 0.05) is 50.4 Å². The molecular weight excluding hydrogens is 320 g/mol. The summed E-state index contributed by atoms with van der Waals surface area (Å²) in [5, 5.41) is 4.11. The number of carbonyl (C=O) groups is 1. The molecule has 2 atom stereocenters. The van der Waals surface area contributed by atoms with Crippen molar-refractivity contribution in [2.75, 3.05) is 0 Å². The van der Waals surface area contributed by atoms with Crippen molar-refractivity contribution in [1.29, 1.82) is 0 Å². The number of aryl methyl sites for hydroxylation is 1. The Labute approximate surface area is 145 Å². The standard InChI is InChI=1S/C18H20N4O3/c1-21-17(23)5-4-16(20-21)18(24)22-12-2-3-13(22)11-15(10-12)25-14-6-8-19-9-7-14/h4-9,12-13,15H,2-3,10-11H2,1H3. The van der Waals surface area contributed by atoms with Gasteiger partial charge in [0.1, 0.15) is 17.5 Å². The Hall–Kier alpha value is -2.70. The smallest absolute Gasteiger partial charge is 0.274 e. The molecule has 0 aromatic carbocycles. The molecule has 130 valence electrons. The summed E-state index contributed by atoms with van der Waals surface area (Å²) in [6.45, 7) is 0. The van der Waals surface area contributed by atoms with Gasteiger partial charge < -0.3 is 9.64 Å². The van der Waals surface area contributed by atoms with Gasteiger partial charge in [0.25, 0.3) is 11.5 Å². The first-order valence-electron chi connectivity index (χ1n) is 8.55. The van der Waals surface area contributed by atoms with Crippen molar-refractivity contribution in [2.45, 2.75) is 43.9 Å². The molecule has 2 saturated heterocycles.